The first kappa shape index (κ1) is 8.24. The Hall–Kier alpha value is -0.860. The summed E-state index contributed by atoms with van der Waals surface area (Å²) in [5.74, 6) is -0.691. The van der Waals surface area contributed by atoms with E-state index in [-0.39, 0.29) is 17.9 Å². The molecule has 0 bridgehead atoms. The molecule has 0 heterocycles. The second kappa shape index (κ2) is 3.51. The van der Waals surface area contributed by atoms with Crippen LogP contribution in [0.2, 0.25) is 0 Å². The van der Waals surface area contributed by atoms with Crippen LogP contribution in [0.1, 0.15) is 32.6 Å². The topological polar surface area (TPSA) is 43.4 Å². The van der Waals surface area contributed by atoms with E-state index in [0.29, 0.717) is 6.42 Å². The van der Waals surface area contributed by atoms with Crippen molar-refractivity contribution in [1.29, 1.82) is 0 Å². The fraction of sp³-hybridized carbons (Fsp3) is 0.750. The highest BCUT2D eigenvalue weighted by atomic mass is 16.6. The lowest BCUT2D eigenvalue weighted by Gasteiger charge is -1.98. The molecule has 3 heteroatoms. The minimum Gasteiger partial charge on any atom is -0.393 e. The summed E-state index contributed by atoms with van der Waals surface area (Å²) in [6.45, 7) is 1.88. The smallest absolute Gasteiger partial charge is 0.316 e. The van der Waals surface area contributed by atoms with Crippen molar-refractivity contribution in [2.75, 3.05) is 0 Å². The minimum atomic E-state index is -0.385. The van der Waals surface area contributed by atoms with Gasteiger partial charge in [0.25, 0.3) is 0 Å². The van der Waals surface area contributed by atoms with Gasteiger partial charge in [-0.2, -0.15) is 0 Å². The van der Waals surface area contributed by atoms with Crippen LogP contribution in [0, 0.1) is 5.92 Å². The van der Waals surface area contributed by atoms with Gasteiger partial charge in [0.1, 0.15) is 0 Å². The Balaban J connectivity index is 2.17. The first-order valence-electron chi connectivity index (χ1n) is 3.98. The zero-order valence-electron chi connectivity index (χ0n) is 6.63. The summed E-state index contributed by atoms with van der Waals surface area (Å²) >= 11 is 0. The molecule has 0 atom stereocenters. The van der Waals surface area contributed by atoms with Crippen molar-refractivity contribution in [3.05, 3.63) is 0 Å². The lowest BCUT2D eigenvalue weighted by atomic mass is 10.3. The molecule has 0 unspecified atom stereocenters. The van der Waals surface area contributed by atoms with Crippen LogP contribution < -0.4 is 0 Å². The molecule has 0 aromatic rings. The first-order valence-corrected chi connectivity index (χ1v) is 3.98. The van der Waals surface area contributed by atoms with Crippen LogP contribution in [0.5, 0.6) is 0 Å². The van der Waals surface area contributed by atoms with Gasteiger partial charge in [0.05, 0.1) is 5.92 Å². The summed E-state index contributed by atoms with van der Waals surface area (Å²) in [5.41, 5.74) is 0. The standard InChI is InChI=1S/C8H12O3/c1-2-3-7(9)11-8(10)6-4-5-6/h6H,2-5H2,1H3. The van der Waals surface area contributed by atoms with Crippen molar-refractivity contribution < 1.29 is 14.3 Å². The second-order valence-electron chi connectivity index (χ2n) is 2.82. The van der Waals surface area contributed by atoms with E-state index in [1.54, 1.807) is 0 Å². The van der Waals surface area contributed by atoms with Gasteiger partial charge in [0.2, 0.25) is 0 Å². The molecule has 1 aliphatic rings. The van der Waals surface area contributed by atoms with E-state index in [4.69, 9.17) is 0 Å². The summed E-state index contributed by atoms with van der Waals surface area (Å²) in [6, 6.07) is 0. The molecule has 0 saturated heterocycles. The molecule has 3 nitrogen and oxygen atoms in total. The van der Waals surface area contributed by atoms with Crippen LogP contribution in [0.4, 0.5) is 0 Å². The number of esters is 2. The van der Waals surface area contributed by atoms with Gasteiger partial charge in [-0.3, -0.25) is 9.59 Å². The van der Waals surface area contributed by atoms with Crippen LogP contribution in [0.25, 0.3) is 0 Å². The average Bonchev–Trinajstić information content (AvgIpc) is 2.67. The monoisotopic (exact) mass is 156 g/mol. The van der Waals surface area contributed by atoms with E-state index in [1.807, 2.05) is 6.92 Å². The molecule has 1 aliphatic carbocycles. The van der Waals surface area contributed by atoms with E-state index in [1.165, 1.54) is 0 Å². The summed E-state index contributed by atoms with van der Waals surface area (Å²) in [7, 11) is 0. The fourth-order valence-corrected chi connectivity index (χ4v) is 0.770. The van der Waals surface area contributed by atoms with Gasteiger partial charge in [-0.25, -0.2) is 0 Å². The maximum atomic E-state index is 10.8. The number of carbonyl (C=O) groups is 2. The van der Waals surface area contributed by atoms with Crippen molar-refractivity contribution >= 4 is 11.9 Å². The van der Waals surface area contributed by atoms with E-state index in [9.17, 15) is 9.59 Å². The predicted molar refractivity (Wildman–Crippen MR) is 38.7 cm³/mol. The van der Waals surface area contributed by atoms with Crippen LogP contribution in [0.3, 0.4) is 0 Å². The van der Waals surface area contributed by atoms with Gasteiger partial charge in [-0.05, 0) is 19.3 Å². The number of ether oxygens (including phenoxy) is 1. The third kappa shape index (κ3) is 2.70. The van der Waals surface area contributed by atoms with Crippen LogP contribution in [0.15, 0.2) is 0 Å². The molecule has 1 fully saturated rings. The van der Waals surface area contributed by atoms with Crippen LogP contribution in [-0.4, -0.2) is 11.9 Å². The SMILES string of the molecule is CCCC(=O)OC(=O)C1CC1. The molecular formula is C8H12O3. The van der Waals surface area contributed by atoms with E-state index in [2.05, 4.69) is 4.74 Å². The highest BCUT2D eigenvalue weighted by Crippen LogP contribution is 2.30. The Kier molecular flexibility index (Phi) is 2.63. The van der Waals surface area contributed by atoms with Gasteiger partial charge in [0, 0.05) is 6.42 Å². The molecule has 0 radical (unpaired) electrons. The maximum absolute atomic E-state index is 10.8. The van der Waals surface area contributed by atoms with Crippen molar-refractivity contribution in [2.45, 2.75) is 32.6 Å². The number of carbonyl (C=O) groups excluding carboxylic acids is 2. The summed E-state index contributed by atoms with van der Waals surface area (Å²) in [6.07, 6.45) is 2.85. The molecule has 0 spiro atoms. The predicted octanol–water partition coefficient (Wildman–Crippen LogP) is 1.27. The Morgan fingerprint density at radius 3 is 2.55 bits per heavy atom. The normalized spacial score (nSPS) is 16.1. The summed E-state index contributed by atoms with van der Waals surface area (Å²) in [5, 5.41) is 0. The number of hydrogen-bond donors (Lipinski definition) is 0. The van der Waals surface area contributed by atoms with E-state index >= 15 is 0 Å². The molecule has 1 rings (SSSR count). The molecule has 0 aromatic carbocycles. The van der Waals surface area contributed by atoms with Gasteiger partial charge in [0.15, 0.2) is 0 Å². The molecule has 0 aliphatic heterocycles. The molecule has 0 N–H and O–H groups in total. The second-order valence-corrected chi connectivity index (χ2v) is 2.82. The van der Waals surface area contributed by atoms with Crippen molar-refractivity contribution in [1.82, 2.24) is 0 Å². The number of rotatable bonds is 3. The van der Waals surface area contributed by atoms with E-state index < -0.39 is 0 Å². The highest BCUT2D eigenvalue weighted by Gasteiger charge is 2.32. The molecule has 62 valence electrons. The quantitative estimate of drug-likeness (QED) is 0.456. The van der Waals surface area contributed by atoms with Crippen molar-refractivity contribution in [3.8, 4) is 0 Å². The zero-order chi connectivity index (χ0) is 8.27. The van der Waals surface area contributed by atoms with Crippen LogP contribution >= 0.6 is 0 Å². The zero-order valence-corrected chi connectivity index (χ0v) is 6.63. The highest BCUT2D eigenvalue weighted by molar-refractivity contribution is 5.87. The van der Waals surface area contributed by atoms with E-state index in [0.717, 1.165) is 19.3 Å². The molecule has 0 amide bonds. The summed E-state index contributed by atoms with van der Waals surface area (Å²) in [4.78, 5) is 21.6. The van der Waals surface area contributed by atoms with Gasteiger partial charge in [-0.1, -0.05) is 6.92 Å². The average molecular weight is 156 g/mol. The lowest BCUT2D eigenvalue weighted by molar-refractivity contribution is -0.160. The minimum absolute atomic E-state index is 0.0239. The largest absolute Gasteiger partial charge is 0.393 e. The third-order valence-corrected chi connectivity index (χ3v) is 1.58. The van der Waals surface area contributed by atoms with Gasteiger partial charge >= 0.3 is 11.9 Å². The Labute approximate surface area is 65.7 Å². The maximum Gasteiger partial charge on any atom is 0.316 e. The number of hydrogen-bond acceptors (Lipinski definition) is 3. The van der Waals surface area contributed by atoms with Crippen molar-refractivity contribution in [2.24, 2.45) is 5.92 Å². The Bertz CT molecular complexity index is 170. The fourth-order valence-electron chi connectivity index (χ4n) is 0.770. The van der Waals surface area contributed by atoms with Crippen LogP contribution in [-0.2, 0) is 14.3 Å². The lowest BCUT2D eigenvalue weighted by Crippen LogP contribution is -2.12. The summed E-state index contributed by atoms with van der Waals surface area (Å²) < 4.78 is 4.54. The molecular weight excluding hydrogens is 144 g/mol. The third-order valence-electron chi connectivity index (χ3n) is 1.58. The Morgan fingerprint density at radius 1 is 1.45 bits per heavy atom. The molecule has 11 heavy (non-hydrogen) atoms. The Morgan fingerprint density at radius 2 is 2.09 bits per heavy atom. The first-order chi connectivity index (χ1) is 5.24. The molecule has 0 aromatic heterocycles. The van der Waals surface area contributed by atoms with Gasteiger partial charge < -0.3 is 4.74 Å². The van der Waals surface area contributed by atoms with Gasteiger partial charge in [-0.15, -0.1) is 0 Å². The van der Waals surface area contributed by atoms with Crippen molar-refractivity contribution in [3.63, 3.8) is 0 Å². The molecule has 1 saturated carbocycles.